The van der Waals surface area contributed by atoms with Gasteiger partial charge in [-0.15, -0.1) is 23.5 Å². The number of benzene rings is 3. The maximum atomic E-state index is 11.5. The summed E-state index contributed by atoms with van der Waals surface area (Å²) in [4.78, 5) is 24.4. The summed E-state index contributed by atoms with van der Waals surface area (Å²) >= 11 is 2.80. The van der Waals surface area contributed by atoms with Gasteiger partial charge in [0.2, 0.25) is 0 Å². The quantitative estimate of drug-likeness (QED) is 0.396. The molecule has 3 rings (SSSR count). The molecular weight excluding hydrogens is 380 g/mol. The molecule has 0 radical (unpaired) electrons. The standard InChI is InChI=1S/C21H16O4S2/c22-19(23)15-10-4-6-12-17(15)26-21(14-8-2-1-3-9-14)27-18-13-7-5-11-16(18)20(24)25/h1-13,21H,(H,22,23)(H,24,25). The molecule has 0 saturated heterocycles. The number of carboxylic acid groups (broad SMARTS) is 2. The fourth-order valence-corrected chi connectivity index (χ4v) is 5.23. The largest absolute Gasteiger partial charge is 0.478 e. The fraction of sp³-hybridized carbons (Fsp3) is 0.0476. The second kappa shape index (κ2) is 8.79. The Balaban J connectivity index is 1.99. The molecule has 0 saturated carbocycles. The number of rotatable bonds is 7. The van der Waals surface area contributed by atoms with Gasteiger partial charge in [-0.3, -0.25) is 0 Å². The molecular formula is C21H16O4S2. The third kappa shape index (κ3) is 4.72. The zero-order chi connectivity index (χ0) is 19.2. The Hall–Kier alpha value is -2.70. The van der Waals surface area contributed by atoms with Gasteiger partial charge in [0.1, 0.15) is 0 Å². The molecule has 2 N–H and O–H groups in total. The first-order valence-electron chi connectivity index (χ1n) is 8.09. The van der Waals surface area contributed by atoms with Crippen LogP contribution >= 0.6 is 23.5 Å². The average Bonchev–Trinajstić information content (AvgIpc) is 2.68. The zero-order valence-electron chi connectivity index (χ0n) is 14.1. The summed E-state index contributed by atoms with van der Waals surface area (Å²) < 4.78 is -0.202. The molecule has 0 amide bonds. The van der Waals surface area contributed by atoms with Gasteiger partial charge in [-0.25, -0.2) is 9.59 Å². The Bertz CT molecular complexity index is 898. The minimum Gasteiger partial charge on any atom is -0.478 e. The van der Waals surface area contributed by atoms with Crippen molar-refractivity contribution >= 4 is 35.5 Å². The van der Waals surface area contributed by atoms with E-state index < -0.39 is 11.9 Å². The van der Waals surface area contributed by atoms with Crippen LogP contribution in [-0.2, 0) is 0 Å². The Morgan fingerprint density at radius 3 is 1.48 bits per heavy atom. The molecule has 4 nitrogen and oxygen atoms in total. The smallest absolute Gasteiger partial charge is 0.336 e. The molecule has 0 aliphatic rings. The summed E-state index contributed by atoms with van der Waals surface area (Å²) in [7, 11) is 0. The molecule has 0 unspecified atom stereocenters. The first-order chi connectivity index (χ1) is 13.1. The van der Waals surface area contributed by atoms with Crippen LogP contribution in [0.1, 0.15) is 30.9 Å². The van der Waals surface area contributed by atoms with Crippen molar-refractivity contribution in [3.8, 4) is 0 Å². The SMILES string of the molecule is O=C(O)c1ccccc1SC(Sc1ccccc1C(=O)O)c1ccccc1. The molecule has 0 spiro atoms. The van der Waals surface area contributed by atoms with Crippen LogP contribution < -0.4 is 0 Å². The highest BCUT2D eigenvalue weighted by molar-refractivity contribution is 8.16. The van der Waals surface area contributed by atoms with Crippen LogP contribution in [0, 0.1) is 0 Å². The minimum atomic E-state index is -0.985. The number of hydrogen-bond acceptors (Lipinski definition) is 4. The lowest BCUT2D eigenvalue weighted by molar-refractivity contribution is 0.0682. The van der Waals surface area contributed by atoms with Crippen LogP contribution in [0.25, 0.3) is 0 Å². The molecule has 136 valence electrons. The van der Waals surface area contributed by atoms with E-state index in [1.807, 2.05) is 30.3 Å². The van der Waals surface area contributed by atoms with Crippen LogP contribution in [0.3, 0.4) is 0 Å². The van der Waals surface area contributed by atoms with Crippen LogP contribution in [0.2, 0.25) is 0 Å². The molecule has 3 aromatic rings. The van der Waals surface area contributed by atoms with E-state index in [1.54, 1.807) is 48.5 Å². The summed E-state index contributed by atoms with van der Waals surface area (Å²) in [5.41, 5.74) is 1.44. The fourth-order valence-electron chi connectivity index (χ4n) is 2.49. The van der Waals surface area contributed by atoms with Crippen LogP contribution in [-0.4, -0.2) is 22.2 Å². The lowest BCUT2D eigenvalue weighted by Gasteiger charge is -2.19. The topological polar surface area (TPSA) is 74.6 Å². The molecule has 0 atom stereocenters. The summed E-state index contributed by atoms with van der Waals surface area (Å²) in [5, 5.41) is 18.9. The van der Waals surface area contributed by atoms with Gasteiger partial charge in [0, 0.05) is 9.79 Å². The van der Waals surface area contributed by atoms with E-state index in [0.717, 1.165) is 5.56 Å². The van der Waals surface area contributed by atoms with Gasteiger partial charge in [-0.1, -0.05) is 54.6 Å². The number of carbonyl (C=O) groups is 2. The number of thioether (sulfide) groups is 2. The Morgan fingerprint density at radius 2 is 1.04 bits per heavy atom. The summed E-state index contributed by atoms with van der Waals surface area (Å²) in [6, 6.07) is 23.3. The second-order valence-electron chi connectivity index (χ2n) is 5.58. The predicted octanol–water partition coefficient (Wildman–Crippen LogP) is 5.67. The maximum absolute atomic E-state index is 11.5. The third-order valence-electron chi connectivity index (χ3n) is 3.77. The summed E-state index contributed by atoms with van der Waals surface area (Å²) in [6.45, 7) is 0. The Kier molecular flexibility index (Phi) is 6.21. The van der Waals surface area contributed by atoms with Gasteiger partial charge >= 0.3 is 11.9 Å². The van der Waals surface area contributed by atoms with Crippen molar-refractivity contribution in [2.45, 2.75) is 14.4 Å². The van der Waals surface area contributed by atoms with Crippen molar-refractivity contribution in [3.05, 3.63) is 95.6 Å². The molecule has 0 aliphatic heterocycles. The molecule has 6 heteroatoms. The molecule has 0 fully saturated rings. The van der Waals surface area contributed by atoms with Crippen LogP contribution in [0.15, 0.2) is 88.7 Å². The first kappa shape index (κ1) is 19.1. The van der Waals surface area contributed by atoms with Gasteiger partial charge in [-0.2, -0.15) is 0 Å². The normalized spacial score (nSPS) is 10.7. The lowest BCUT2D eigenvalue weighted by atomic mass is 10.2. The van der Waals surface area contributed by atoms with Crippen molar-refractivity contribution in [2.24, 2.45) is 0 Å². The monoisotopic (exact) mass is 396 g/mol. The molecule has 0 aliphatic carbocycles. The number of hydrogen-bond donors (Lipinski definition) is 2. The Morgan fingerprint density at radius 1 is 0.630 bits per heavy atom. The highest BCUT2D eigenvalue weighted by Crippen LogP contribution is 2.48. The molecule has 3 aromatic carbocycles. The van der Waals surface area contributed by atoms with E-state index in [0.29, 0.717) is 9.79 Å². The van der Waals surface area contributed by atoms with E-state index >= 15 is 0 Å². The van der Waals surface area contributed by atoms with Crippen molar-refractivity contribution in [2.75, 3.05) is 0 Å². The third-order valence-corrected chi connectivity index (χ3v) is 6.54. The first-order valence-corrected chi connectivity index (χ1v) is 9.85. The summed E-state index contributed by atoms with van der Waals surface area (Å²) in [6.07, 6.45) is 0. The van der Waals surface area contributed by atoms with Crippen molar-refractivity contribution < 1.29 is 19.8 Å². The van der Waals surface area contributed by atoms with Crippen molar-refractivity contribution in [3.63, 3.8) is 0 Å². The highest BCUT2D eigenvalue weighted by atomic mass is 32.2. The number of carboxylic acids is 2. The molecule has 0 aromatic heterocycles. The highest BCUT2D eigenvalue weighted by Gasteiger charge is 2.21. The van der Waals surface area contributed by atoms with Gasteiger partial charge < -0.3 is 10.2 Å². The second-order valence-corrected chi connectivity index (χ2v) is 8.17. The maximum Gasteiger partial charge on any atom is 0.336 e. The van der Waals surface area contributed by atoms with E-state index in [4.69, 9.17) is 0 Å². The molecule has 27 heavy (non-hydrogen) atoms. The minimum absolute atomic E-state index is 0.202. The molecule has 0 heterocycles. The van der Waals surface area contributed by atoms with Crippen LogP contribution in [0.5, 0.6) is 0 Å². The van der Waals surface area contributed by atoms with Crippen molar-refractivity contribution in [1.29, 1.82) is 0 Å². The van der Waals surface area contributed by atoms with Crippen LogP contribution in [0.4, 0.5) is 0 Å². The average molecular weight is 396 g/mol. The summed E-state index contributed by atoms with van der Waals surface area (Å²) in [5.74, 6) is -1.97. The predicted molar refractivity (Wildman–Crippen MR) is 108 cm³/mol. The number of aromatic carboxylic acids is 2. The molecule has 0 bridgehead atoms. The zero-order valence-corrected chi connectivity index (χ0v) is 15.7. The van der Waals surface area contributed by atoms with Gasteiger partial charge in [0.25, 0.3) is 0 Å². The lowest BCUT2D eigenvalue weighted by Crippen LogP contribution is -2.01. The van der Waals surface area contributed by atoms with Crippen molar-refractivity contribution in [1.82, 2.24) is 0 Å². The van der Waals surface area contributed by atoms with Gasteiger partial charge in [-0.05, 0) is 29.8 Å². The van der Waals surface area contributed by atoms with E-state index in [2.05, 4.69) is 0 Å². The van der Waals surface area contributed by atoms with E-state index in [9.17, 15) is 19.8 Å². The van der Waals surface area contributed by atoms with E-state index in [1.165, 1.54) is 23.5 Å². The van der Waals surface area contributed by atoms with E-state index in [-0.39, 0.29) is 15.7 Å². The van der Waals surface area contributed by atoms with Gasteiger partial charge in [0.15, 0.2) is 0 Å². The van der Waals surface area contributed by atoms with Gasteiger partial charge in [0.05, 0.1) is 15.7 Å². The Labute approximate surface area is 165 Å².